The largest absolute Gasteiger partial charge is 0.733 e. The average molecular weight is 326 g/mol. The van der Waals surface area contributed by atoms with Gasteiger partial charge in [-0.2, -0.15) is 5.26 Å². The molecule has 2 aromatic rings. The quantitative estimate of drug-likeness (QED) is 0.798. The van der Waals surface area contributed by atoms with Crippen molar-refractivity contribution in [3.8, 4) is 11.8 Å². The van der Waals surface area contributed by atoms with Gasteiger partial charge in [0.1, 0.15) is 23.2 Å². The van der Waals surface area contributed by atoms with E-state index >= 15 is 0 Å². The van der Waals surface area contributed by atoms with Crippen molar-refractivity contribution >= 4 is 5.69 Å². The molecule has 0 aliphatic carbocycles. The fourth-order valence-corrected chi connectivity index (χ4v) is 2.65. The monoisotopic (exact) mass is 326 g/mol. The lowest BCUT2D eigenvalue weighted by molar-refractivity contribution is 0.296. The summed E-state index contributed by atoms with van der Waals surface area (Å²) >= 11 is 0. The highest BCUT2D eigenvalue weighted by Crippen LogP contribution is 2.40. The highest BCUT2D eigenvalue weighted by Gasteiger charge is 2.34. The van der Waals surface area contributed by atoms with Gasteiger partial charge in [0.25, 0.3) is 0 Å². The van der Waals surface area contributed by atoms with Crippen molar-refractivity contribution in [2.45, 2.75) is 12.8 Å². The minimum atomic E-state index is -0.788. The third-order valence-corrected chi connectivity index (χ3v) is 3.70. The normalized spacial score (nSPS) is 16.2. The van der Waals surface area contributed by atoms with Gasteiger partial charge < -0.3 is 25.3 Å². The van der Waals surface area contributed by atoms with Gasteiger partial charge in [-0.25, -0.2) is 4.79 Å². The Morgan fingerprint density at radius 1 is 1.38 bits per heavy atom. The summed E-state index contributed by atoms with van der Waals surface area (Å²) in [7, 11) is 0. The maximum Gasteiger partial charge on any atom is 0.343 e. The fourth-order valence-electron chi connectivity index (χ4n) is 2.65. The molecular weight excluding hydrogens is 314 g/mol. The van der Waals surface area contributed by atoms with Crippen LogP contribution in [0.1, 0.15) is 22.8 Å². The Hall–Kier alpha value is -3.28. The highest BCUT2D eigenvalue weighted by molar-refractivity contribution is 5.56. The van der Waals surface area contributed by atoms with Crippen LogP contribution in [0.25, 0.3) is 0 Å². The van der Waals surface area contributed by atoms with Gasteiger partial charge in [-0.1, -0.05) is 12.1 Å². The summed E-state index contributed by atoms with van der Waals surface area (Å²) in [5.41, 5.74) is 5.94. The van der Waals surface area contributed by atoms with Crippen LogP contribution in [-0.2, 0) is 0 Å². The van der Waals surface area contributed by atoms with Gasteiger partial charge in [0.15, 0.2) is 0 Å². The number of nitriles is 1. The van der Waals surface area contributed by atoms with Crippen LogP contribution in [0.3, 0.4) is 0 Å². The lowest BCUT2D eigenvalue weighted by Crippen LogP contribution is -2.26. The van der Waals surface area contributed by atoms with E-state index in [1.165, 1.54) is 30.3 Å². The topological polar surface area (TPSA) is 136 Å². The molecule has 2 heterocycles. The molecule has 0 bridgehead atoms. The lowest BCUT2D eigenvalue weighted by Gasteiger charge is -2.26. The van der Waals surface area contributed by atoms with E-state index in [-0.39, 0.29) is 33.7 Å². The van der Waals surface area contributed by atoms with Crippen LogP contribution in [0, 0.1) is 23.5 Å². The molecule has 3 rings (SSSR count). The summed E-state index contributed by atoms with van der Waals surface area (Å²) < 4.78 is 10.5. The van der Waals surface area contributed by atoms with E-state index < -0.39 is 11.5 Å². The molecule has 0 saturated heterocycles. The van der Waals surface area contributed by atoms with E-state index in [1.54, 1.807) is 6.92 Å². The number of aryl methyl sites for hydroxylation is 1. The average Bonchev–Trinajstić information content (AvgIpc) is 2.53. The zero-order valence-corrected chi connectivity index (χ0v) is 12.5. The number of anilines is 1. The molecule has 0 fully saturated rings. The van der Waals surface area contributed by atoms with Gasteiger partial charge in [0, 0.05) is 6.07 Å². The number of benzene rings is 1. The SMILES string of the molecule is Cc1cc2c(c(=O)o1)[C@@H](c1ccc(N([O-])O)cc1)C(C#N)=C(N)O2. The first-order valence-corrected chi connectivity index (χ1v) is 6.90. The Kier molecular flexibility index (Phi) is 3.73. The molecule has 0 amide bonds. The molecule has 0 saturated carbocycles. The maximum absolute atomic E-state index is 12.3. The predicted molar refractivity (Wildman–Crippen MR) is 83.1 cm³/mol. The molecule has 0 spiro atoms. The minimum Gasteiger partial charge on any atom is -0.733 e. The van der Waals surface area contributed by atoms with Crippen LogP contribution in [0.5, 0.6) is 5.75 Å². The van der Waals surface area contributed by atoms with Gasteiger partial charge in [-0.3, -0.25) is 5.21 Å². The first kappa shape index (κ1) is 15.6. The Morgan fingerprint density at radius 2 is 2.04 bits per heavy atom. The van der Waals surface area contributed by atoms with Crippen LogP contribution < -0.4 is 21.3 Å². The minimum absolute atomic E-state index is 0.0115. The van der Waals surface area contributed by atoms with Crippen molar-refractivity contribution < 1.29 is 14.4 Å². The molecule has 122 valence electrons. The molecule has 1 aliphatic heterocycles. The van der Waals surface area contributed by atoms with Crippen molar-refractivity contribution in [1.29, 1.82) is 5.26 Å². The van der Waals surface area contributed by atoms with Gasteiger partial charge >= 0.3 is 5.63 Å². The number of fused-ring (bicyclic) bond motifs is 1. The van der Waals surface area contributed by atoms with Crippen LogP contribution in [0.15, 0.2) is 51.0 Å². The van der Waals surface area contributed by atoms with Gasteiger partial charge in [-0.15, -0.1) is 0 Å². The van der Waals surface area contributed by atoms with Gasteiger partial charge in [0.2, 0.25) is 5.88 Å². The van der Waals surface area contributed by atoms with Crippen molar-refractivity contribution in [2.24, 2.45) is 5.73 Å². The molecule has 3 N–H and O–H groups in total. The summed E-state index contributed by atoms with van der Waals surface area (Å²) in [5, 5.41) is 28.9. The third-order valence-electron chi connectivity index (χ3n) is 3.70. The molecule has 1 atom stereocenters. The Morgan fingerprint density at radius 3 is 2.62 bits per heavy atom. The number of nitrogens with two attached hydrogens (primary N) is 1. The second kappa shape index (κ2) is 5.73. The second-order valence-electron chi connectivity index (χ2n) is 5.21. The number of nitrogens with zero attached hydrogens (tertiary/aromatic N) is 2. The Balaban J connectivity index is 2.22. The van der Waals surface area contributed by atoms with Crippen molar-refractivity contribution in [1.82, 2.24) is 0 Å². The molecule has 8 heteroatoms. The summed E-state index contributed by atoms with van der Waals surface area (Å²) in [5.74, 6) is -0.314. The van der Waals surface area contributed by atoms with E-state index in [2.05, 4.69) is 0 Å². The summed E-state index contributed by atoms with van der Waals surface area (Å²) in [4.78, 5) is 12.3. The van der Waals surface area contributed by atoms with Gasteiger partial charge in [0.05, 0.1) is 17.2 Å². The lowest BCUT2D eigenvalue weighted by atomic mass is 9.84. The standard InChI is InChI=1S/C16H12N3O5/c1-8-6-12-14(16(20)23-8)13(11(7-17)15(18)24-12)9-2-4-10(5-3-9)19(21)22/h2-6,13,21H,18H2,1H3/q-1/t13-/m0/s1. The molecular formula is C16H12N3O5-. The number of rotatable bonds is 2. The summed E-state index contributed by atoms with van der Waals surface area (Å²) in [6.45, 7) is 1.60. The molecule has 1 aliphatic rings. The van der Waals surface area contributed by atoms with E-state index in [0.29, 0.717) is 11.3 Å². The van der Waals surface area contributed by atoms with Crippen molar-refractivity contribution in [3.05, 3.63) is 74.3 Å². The highest BCUT2D eigenvalue weighted by atomic mass is 16.8. The molecule has 8 nitrogen and oxygen atoms in total. The zero-order chi connectivity index (χ0) is 17.4. The molecule has 0 unspecified atom stereocenters. The summed E-state index contributed by atoms with van der Waals surface area (Å²) in [6, 6.07) is 9.22. The molecule has 0 radical (unpaired) electrons. The maximum atomic E-state index is 12.3. The van der Waals surface area contributed by atoms with E-state index in [9.17, 15) is 15.3 Å². The number of hydrogen-bond donors (Lipinski definition) is 2. The van der Waals surface area contributed by atoms with Crippen LogP contribution >= 0.6 is 0 Å². The third kappa shape index (κ3) is 2.48. The molecule has 1 aromatic carbocycles. The zero-order valence-electron chi connectivity index (χ0n) is 12.5. The summed E-state index contributed by atoms with van der Waals surface area (Å²) in [6.07, 6.45) is 0. The van der Waals surface area contributed by atoms with E-state index in [0.717, 1.165) is 0 Å². The number of allylic oxidation sites excluding steroid dienone is 1. The van der Waals surface area contributed by atoms with Crippen LogP contribution in [0.2, 0.25) is 0 Å². The van der Waals surface area contributed by atoms with Crippen LogP contribution in [-0.4, -0.2) is 5.21 Å². The number of ether oxygens (including phenoxy) is 1. The molecule has 24 heavy (non-hydrogen) atoms. The molecule has 1 aromatic heterocycles. The first-order valence-electron chi connectivity index (χ1n) is 6.90. The smallest absolute Gasteiger partial charge is 0.343 e. The first-order chi connectivity index (χ1) is 11.4. The number of hydrogen-bond acceptors (Lipinski definition) is 8. The van der Waals surface area contributed by atoms with Gasteiger partial charge in [-0.05, 0) is 24.6 Å². The second-order valence-corrected chi connectivity index (χ2v) is 5.21. The Labute approximate surface area is 136 Å². The van der Waals surface area contributed by atoms with Crippen LogP contribution in [0.4, 0.5) is 5.69 Å². The predicted octanol–water partition coefficient (Wildman–Crippen LogP) is 1.86. The van der Waals surface area contributed by atoms with E-state index in [1.807, 2.05) is 6.07 Å². The van der Waals surface area contributed by atoms with E-state index in [4.69, 9.17) is 20.1 Å². The Bertz CT molecular complexity index is 922. The van der Waals surface area contributed by atoms with Crippen molar-refractivity contribution in [2.75, 3.05) is 5.23 Å². The van der Waals surface area contributed by atoms with Crippen molar-refractivity contribution in [3.63, 3.8) is 0 Å². The fraction of sp³-hybridized carbons (Fsp3) is 0.125.